The summed E-state index contributed by atoms with van der Waals surface area (Å²) in [7, 11) is -3.08. The van der Waals surface area contributed by atoms with Crippen molar-refractivity contribution >= 4 is 31.4 Å². The minimum Gasteiger partial charge on any atom is -0.356 e. The predicted octanol–water partition coefficient (Wildman–Crippen LogP) is 3.58. The average Bonchev–Trinajstić information content (AvgIpc) is 2.76. The summed E-state index contributed by atoms with van der Waals surface area (Å²) in [6.45, 7) is 1.02. The van der Waals surface area contributed by atoms with Crippen LogP contribution in [0, 0.1) is 23.7 Å². The third-order valence-electron chi connectivity index (χ3n) is 4.34. The van der Waals surface area contributed by atoms with Crippen LogP contribution in [0.2, 0.25) is 0 Å². The summed E-state index contributed by atoms with van der Waals surface area (Å²) in [6, 6.07) is 8.92. The van der Waals surface area contributed by atoms with Gasteiger partial charge in [-0.25, -0.2) is 0 Å². The van der Waals surface area contributed by atoms with Gasteiger partial charge in [-0.3, -0.25) is 9.59 Å². The molecule has 0 fully saturated rings. The molecule has 2 amide bonds. The number of nitrogens with zero attached hydrogens (tertiary/aromatic N) is 1. The van der Waals surface area contributed by atoms with Crippen molar-refractivity contribution in [2.45, 2.75) is 51.4 Å². The number of carbonyl (C=O) groups is 2. The zero-order valence-electron chi connectivity index (χ0n) is 18.8. The van der Waals surface area contributed by atoms with Gasteiger partial charge in [-0.05, 0) is 49.8 Å². The van der Waals surface area contributed by atoms with Gasteiger partial charge in [-0.15, -0.1) is 6.42 Å². The molecule has 1 unspecified atom stereocenters. The molecule has 0 radical (unpaired) electrons. The number of terminal acetylenes is 1. The molecule has 8 nitrogen and oxygen atoms in total. The van der Waals surface area contributed by atoms with Crippen LogP contribution < -0.4 is 10.6 Å². The number of anilines is 1. The number of unbranched alkanes of at least 4 members (excludes halogenated alkanes) is 3. The second-order valence-corrected chi connectivity index (χ2v) is 8.89. The van der Waals surface area contributed by atoms with Crippen molar-refractivity contribution in [3.63, 3.8) is 0 Å². The van der Waals surface area contributed by atoms with E-state index >= 15 is 0 Å². The first-order valence-corrected chi connectivity index (χ1v) is 12.4. The van der Waals surface area contributed by atoms with Crippen LogP contribution in [0.1, 0.15) is 56.9 Å². The third kappa shape index (κ3) is 16.4. The number of nitriles is 1. The van der Waals surface area contributed by atoms with E-state index in [0.717, 1.165) is 31.2 Å². The summed E-state index contributed by atoms with van der Waals surface area (Å²) in [5, 5.41) is 14.1. The first kappa shape index (κ1) is 31.1. The van der Waals surface area contributed by atoms with Crippen molar-refractivity contribution in [3.05, 3.63) is 29.8 Å². The monoisotopic (exact) mass is 645 g/mol. The van der Waals surface area contributed by atoms with Crippen LogP contribution in [-0.4, -0.2) is 42.8 Å². The van der Waals surface area contributed by atoms with Gasteiger partial charge >= 0.3 is 0 Å². The molecule has 0 aromatic heterocycles. The first-order chi connectivity index (χ1) is 15.4. The van der Waals surface area contributed by atoms with Crippen LogP contribution in [0.25, 0.3) is 0 Å². The van der Waals surface area contributed by atoms with Crippen molar-refractivity contribution in [1.29, 1.82) is 5.26 Å². The van der Waals surface area contributed by atoms with Gasteiger partial charge in [0, 0.05) is 51.7 Å². The average molecular weight is 645 g/mol. The predicted molar refractivity (Wildman–Crippen MR) is 127 cm³/mol. The van der Waals surface area contributed by atoms with E-state index in [9.17, 15) is 14.5 Å². The topological polar surface area (TPSA) is 121 Å². The molecule has 0 aliphatic carbocycles. The number of amides is 2. The number of hydrogen-bond donors (Lipinski definition) is 3. The Hall–Kier alpha value is -1.92. The van der Waals surface area contributed by atoms with Gasteiger partial charge in [0.25, 0.3) is 0 Å². The van der Waals surface area contributed by atoms with E-state index in [1.54, 1.807) is 24.3 Å². The fraction of sp³-hybridized carbons (Fsp3) is 0.478. The van der Waals surface area contributed by atoms with Crippen molar-refractivity contribution in [1.82, 2.24) is 5.32 Å². The van der Waals surface area contributed by atoms with E-state index in [1.165, 1.54) is 0 Å². The fourth-order valence-electron chi connectivity index (χ4n) is 2.66. The minimum atomic E-state index is -3.08. The van der Waals surface area contributed by atoms with Gasteiger partial charge in [0.1, 0.15) is 0 Å². The molecule has 3 N–H and O–H groups in total. The molecule has 0 aliphatic heterocycles. The Balaban J connectivity index is 0.0000102. The molecule has 180 valence electrons. The normalized spacial score (nSPS) is 11.8. The summed E-state index contributed by atoms with van der Waals surface area (Å²) in [5.74, 6) is 2.31. The number of benzene rings is 1. The van der Waals surface area contributed by atoms with Crippen LogP contribution in [0.5, 0.6) is 0 Å². The summed E-state index contributed by atoms with van der Waals surface area (Å²) in [4.78, 5) is 33.6. The molecule has 0 aliphatic rings. The van der Waals surface area contributed by atoms with Crippen LogP contribution in [0.4, 0.5) is 5.69 Å². The van der Waals surface area contributed by atoms with Gasteiger partial charge < -0.3 is 24.6 Å². The Bertz CT molecular complexity index is 849. The number of carbonyl (C=O) groups excluding carboxylic acids is 2. The van der Waals surface area contributed by atoms with Gasteiger partial charge in [-0.1, -0.05) is 18.8 Å². The Kier molecular flexibility index (Phi) is 17.4. The van der Waals surface area contributed by atoms with Crippen molar-refractivity contribution in [2.24, 2.45) is 0 Å². The van der Waals surface area contributed by atoms with E-state index in [2.05, 4.69) is 22.9 Å². The van der Waals surface area contributed by atoms with Gasteiger partial charge in [0.15, 0.2) is 0 Å². The van der Waals surface area contributed by atoms with Crippen LogP contribution in [0.3, 0.4) is 0 Å². The standard InChI is InChI=1S/C23H32N3O5P.W/c1-3-20-12-14-21(15-13-20)26-23(28)11-8-10-22(27)25-17-6-4-5-7-18-30-32(2,29)31-19-9-16-24;/h1,12-15,29H,2,4-11,17-19H2,(H,25,27)(H,26,28);. The maximum absolute atomic E-state index is 11.9. The van der Waals surface area contributed by atoms with Gasteiger partial charge in [0.05, 0.1) is 25.7 Å². The molecule has 10 heteroatoms. The molecule has 1 atom stereocenters. The molecule has 0 heterocycles. The maximum Gasteiger partial charge on any atom is 0.248 e. The van der Waals surface area contributed by atoms with E-state index in [0.29, 0.717) is 31.7 Å². The third-order valence-corrected chi connectivity index (χ3v) is 5.51. The molecule has 1 aromatic rings. The largest absolute Gasteiger partial charge is 0.356 e. The molecule has 0 saturated heterocycles. The molecular formula is C23H32N3O5PW. The molecule has 1 aromatic carbocycles. The van der Waals surface area contributed by atoms with Crippen LogP contribution in [0.15, 0.2) is 24.3 Å². The second-order valence-electron chi connectivity index (χ2n) is 7.10. The van der Waals surface area contributed by atoms with Crippen molar-refractivity contribution in [3.8, 4) is 18.4 Å². The minimum absolute atomic E-state index is 0. The summed E-state index contributed by atoms with van der Waals surface area (Å²) in [6.07, 6.45) is 13.4. The Morgan fingerprint density at radius 3 is 2.33 bits per heavy atom. The quantitative estimate of drug-likeness (QED) is 0.144. The Labute approximate surface area is 210 Å². The molecule has 33 heavy (non-hydrogen) atoms. The van der Waals surface area contributed by atoms with Crippen LogP contribution >= 0.6 is 7.57 Å². The Morgan fingerprint density at radius 2 is 1.67 bits per heavy atom. The zero-order chi connectivity index (χ0) is 23.7. The molecule has 1 rings (SSSR count). The fourth-order valence-corrected chi connectivity index (χ4v) is 3.52. The van der Waals surface area contributed by atoms with Crippen molar-refractivity contribution < 1.29 is 44.6 Å². The van der Waals surface area contributed by atoms with Gasteiger partial charge in [-0.2, -0.15) is 5.26 Å². The van der Waals surface area contributed by atoms with E-state index in [-0.39, 0.29) is 52.3 Å². The second kappa shape index (κ2) is 18.5. The van der Waals surface area contributed by atoms with E-state index < -0.39 is 7.57 Å². The Morgan fingerprint density at radius 1 is 1.03 bits per heavy atom. The summed E-state index contributed by atoms with van der Waals surface area (Å²) >= 11 is 0. The van der Waals surface area contributed by atoms with Crippen LogP contribution in [-0.2, 0) is 39.7 Å². The number of hydrogen-bond acceptors (Lipinski definition) is 6. The summed E-state index contributed by atoms with van der Waals surface area (Å²) in [5.41, 5.74) is 1.43. The smallest absolute Gasteiger partial charge is 0.248 e. The molecule has 0 spiro atoms. The first-order valence-electron chi connectivity index (χ1n) is 10.6. The number of nitrogens with one attached hydrogen (secondary N) is 2. The molecule has 0 saturated carbocycles. The molecular weight excluding hydrogens is 613 g/mol. The summed E-state index contributed by atoms with van der Waals surface area (Å²) < 4.78 is 10.3. The van der Waals surface area contributed by atoms with Crippen molar-refractivity contribution in [2.75, 3.05) is 25.1 Å². The van der Waals surface area contributed by atoms with E-state index in [4.69, 9.17) is 20.7 Å². The van der Waals surface area contributed by atoms with E-state index in [1.807, 2.05) is 6.07 Å². The van der Waals surface area contributed by atoms with Gasteiger partial charge in [0.2, 0.25) is 19.4 Å². The maximum atomic E-state index is 11.9. The zero-order valence-corrected chi connectivity index (χ0v) is 22.6. The molecule has 0 bridgehead atoms. The SMILES string of the molecule is C#Cc1ccc(NC(=O)CCCC(=O)NCCCCCCOP(=C)(O)OCCC#N)cc1.[W]. The number of rotatable bonds is 16.